The van der Waals surface area contributed by atoms with E-state index < -0.39 is 0 Å². The van der Waals surface area contributed by atoms with Crippen LogP contribution in [0.25, 0.3) is 0 Å². The Morgan fingerprint density at radius 1 is 1.35 bits per heavy atom. The number of ether oxygens (including phenoxy) is 1. The molecule has 1 amide bonds. The van der Waals surface area contributed by atoms with Crippen LogP contribution in [0.4, 0.5) is 5.69 Å². The molecule has 0 spiro atoms. The molecule has 0 aromatic heterocycles. The fraction of sp³-hybridized carbons (Fsp3) is 0.562. The molecule has 110 valence electrons. The Balaban J connectivity index is 1.89. The highest BCUT2D eigenvalue weighted by Crippen LogP contribution is 2.19. The highest BCUT2D eigenvalue weighted by atomic mass is 16.5. The van der Waals surface area contributed by atoms with Crippen LogP contribution in [0.3, 0.4) is 0 Å². The molecule has 1 atom stereocenters. The van der Waals surface area contributed by atoms with Gasteiger partial charge in [-0.05, 0) is 44.0 Å². The molecule has 1 unspecified atom stereocenters. The molecule has 0 saturated carbocycles. The normalized spacial score (nSPS) is 19.8. The lowest BCUT2D eigenvalue weighted by molar-refractivity contribution is -0.119. The SMILES string of the molecule is COCC(=O)Nc1ccc(CN2CCCCC2C)cc1. The molecule has 0 radical (unpaired) electrons. The van der Waals surface area contributed by atoms with Crippen molar-refractivity contribution in [3.05, 3.63) is 29.8 Å². The second kappa shape index (κ2) is 7.41. The minimum absolute atomic E-state index is 0.0903. The van der Waals surface area contributed by atoms with E-state index >= 15 is 0 Å². The van der Waals surface area contributed by atoms with Gasteiger partial charge in [-0.15, -0.1) is 0 Å². The minimum atomic E-state index is -0.120. The third-order valence-electron chi connectivity index (χ3n) is 3.84. The summed E-state index contributed by atoms with van der Waals surface area (Å²) in [6.45, 7) is 4.58. The molecule has 0 bridgehead atoms. The monoisotopic (exact) mass is 276 g/mol. The third-order valence-corrected chi connectivity index (χ3v) is 3.84. The molecule has 1 aromatic rings. The van der Waals surface area contributed by atoms with Crippen molar-refractivity contribution in [2.75, 3.05) is 25.6 Å². The number of hydrogen-bond acceptors (Lipinski definition) is 3. The Labute approximate surface area is 121 Å². The van der Waals surface area contributed by atoms with Crippen molar-refractivity contribution in [2.24, 2.45) is 0 Å². The van der Waals surface area contributed by atoms with Gasteiger partial charge in [-0.3, -0.25) is 9.69 Å². The highest BCUT2D eigenvalue weighted by Gasteiger charge is 2.17. The number of carbonyl (C=O) groups excluding carboxylic acids is 1. The zero-order chi connectivity index (χ0) is 14.4. The quantitative estimate of drug-likeness (QED) is 0.899. The van der Waals surface area contributed by atoms with Crippen LogP contribution in [0.5, 0.6) is 0 Å². The number of hydrogen-bond donors (Lipinski definition) is 1. The molecule has 1 fully saturated rings. The molecule has 1 N–H and O–H groups in total. The number of nitrogens with zero attached hydrogens (tertiary/aromatic N) is 1. The maximum Gasteiger partial charge on any atom is 0.250 e. The molecule has 4 heteroatoms. The van der Waals surface area contributed by atoms with Gasteiger partial charge in [0, 0.05) is 25.4 Å². The van der Waals surface area contributed by atoms with E-state index in [2.05, 4.69) is 29.3 Å². The molecular weight excluding hydrogens is 252 g/mol. The number of rotatable bonds is 5. The average Bonchev–Trinajstić information content (AvgIpc) is 2.44. The van der Waals surface area contributed by atoms with Gasteiger partial charge >= 0.3 is 0 Å². The van der Waals surface area contributed by atoms with E-state index in [-0.39, 0.29) is 12.5 Å². The summed E-state index contributed by atoms with van der Waals surface area (Å²) < 4.78 is 4.79. The van der Waals surface area contributed by atoms with E-state index in [0.29, 0.717) is 6.04 Å². The molecule has 1 aliphatic rings. The maximum absolute atomic E-state index is 11.4. The summed E-state index contributed by atoms with van der Waals surface area (Å²) in [4.78, 5) is 13.9. The van der Waals surface area contributed by atoms with Gasteiger partial charge in [0.15, 0.2) is 0 Å². The smallest absolute Gasteiger partial charge is 0.250 e. The van der Waals surface area contributed by atoms with E-state index in [4.69, 9.17) is 4.74 Å². The van der Waals surface area contributed by atoms with Gasteiger partial charge in [-0.1, -0.05) is 18.6 Å². The van der Waals surface area contributed by atoms with Gasteiger partial charge < -0.3 is 10.1 Å². The fourth-order valence-electron chi connectivity index (χ4n) is 2.65. The van der Waals surface area contributed by atoms with Gasteiger partial charge in [0.25, 0.3) is 0 Å². The first-order valence-electron chi connectivity index (χ1n) is 7.31. The number of piperidine rings is 1. The average molecular weight is 276 g/mol. The van der Waals surface area contributed by atoms with Crippen LogP contribution < -0.4 is 5.32 Å². The van der Waals surface area contributed by atoms with Crippen LogP contribution in [0, 0.1) is 0 Å². The molecule has 2 rings (SSSR count). The van der Waals surface area contributed by atoms with Crippen LogP contribution in [0.2, 0.25) is 0 Å². The molecule has 1 aromatic carbocycles. The molecule has 1 saturated heterocycles. The topological polar surface area (TPSA) is 41.6 Å². The van der Waals surface area contributed by atoms with Crippen molar-refractivity contribution in [2.45, 2.75) is 38.8 Å². The Kier molecular flexibility index (Phi) is 5.56. The Morgan fingerprint density at radius 3 is 2.75 bits per heavy atom. The molecule has 1 aliphatic heterocycles. The van der Waals surface area contributed by atoms with Crippen LogP contribution in [0.1, 0.15) is 31.7 Å². The molecular formula is C16H24N2O2. The molecule has 20 heavy (non-hydrogen) atoms. The molecule has 0 aliphatic carbocycles. The highest BCUT2D eigenvalue weighted by molar-refractivity contribution is 5.91. The largest absolute Gasteiger partial charge is 0.375 e. The zero-order valence-corrected chi connectivity index (χ0v) is 12.4. The van der Waals surface area contributed by atoms with E-state index in [1.54, 1.807) is 0 Å². The summed E-state index contributed by atoms with van der Waals surface area (Å²) >= 11 is 0. The second-order valence-electron chi connectivity index (χ2n) is 5.49. The van der Waals surface area contributed by atoms with Crippen molar-refractivity contribution in [1.82, 2.24) is 4.90 Å². The maximum atomic E-state index is 11.4. The van der Waals surface area contributed by atoms with Gasteiger partial charge in [-0.25, -0.2) is 0 Å². The summed E-state index contributed by atoms with van der Waals surface area (Å²) in [6, 6.07) is 8.76. The lowest BCUT2D eigenvalue weighted by atomic mass is 10.0. The molecule has 1 heterocycles. The first-order chi connectivity index (χ1) is 9.69. The first kappa shape index (κ1) is 15.0. The van der Waals surface area contributed by atoms with Gasteiger partial charge in [0.05, 0.1) is 0 Å². The summed E-state index contributed by atoms with van der Waals surface area (Å²) in [5.74, 6) is -0.120. The van der Waals surface area contributed by atoms with Crippen LogP contribution in [-0.2, 0) is 16.1 Å². The van der Waals surface area contributed by atoms with E-state index in [1.165, 1.54) is 38.5 Å². The second-order valence-corrected chi connectivity index (χ2v) is 5.49. The van der Waals surface area contributed by atoms with E-state index in [1.807, 2.05) is 12.1 Å². The van der Waals surface area contributed by atoms with Crippen molar-refractivity contribution < 1.29 is 9.53 Å². The Bertz CT molecular complexity index is 431. The summed E-state index contributed by atoms with van der Waals surface area (Å²) in [7, 11) is 1.52. The minimum Gasteiger partial charge on any atom is -0.375 e. The number of nitrogens with one attached hydrogen (secondary N) is 1. The number of amides is 1. The van der Waals surface area contributed by atoms with E-state index in [9.17, 15) is 4.79 Å². The Morgan fingerprint density at radius 2 is 2.10 bits per heavy atom. The number of benzene rings is 1. The lowest BCUT2D eigenvalue weighted by Crippen LogP contribution is -2.36. The van der Waals surface area contributed by atoms with Crippen LogP contribution in [-0.4, -0.2) is 37.1 Å². The van der Waals surface area contributed by atoms with Crippen LogP contribution in [0.15, 0.2) is 24.3 Å². The number of carbonyl (C=O) groups is 1. The van der Waals surface area contributed by atoms with Gasteiger partial charge in [0.1, 0.15) is 6.61 Å². The summed E-state index contributed by atoms with van der Waals surface area (Å²) in [6.07, 6.45) is 3.95. The predicted octanol–water partition coefficient (Wildman–Crippen LogP) is 2.65. The Hall–Kier alpha value is -1.39. The summed E-state index contributed by atoms with van der Waals surface area (Å²) in [5, 5.41) is 2.80. The molecule has 4 nitrogen and oxygen atoms in total. The van der Waals surface area contributed by atoms with Crippen LogP contribution >= 0.6 is 0 Å². The number of likely N-dealkylation sites (tertiary alicyclic amines) is 1. The third kappa shape index (κ3) is 4.32. The lowest BCUT2D eigenvalue weighted by Gasteiger charge is -2.33. The number of anilines is 1. The first-order valence-corrected chi connectivity index (χ1v) is 7.31. The fourth-order valence-corrected chi connectivity index (χ4v) is 2.65. The van der Waals surface area contributed by atoms with Crippen molar-refractivity contribution in [1.29, 1.82) is 0 Å². The predicted molar refractivity (Wildman–Crippen MR) is 80.7 cm³/mol. The van der Waals surface area contributed by atoms with E-state index in [0.717, 1.165) is 12.2 Å². The standard InChI is InChI=1S/C16H24N2O2/c1-13-5-3-4-10-18(13)11-14-6-8-15(9-7-14)17-16(19)12-20-2/h6-9,13H,3-5,10-12H2,1-2H3,(H,17,19). The van der Waals surface area contributed by atoms with Crippen molar-refractivity contribution in [3.8, 4) is 0 Å². The zero-order valence-electron chi connectivity index (χ0n) is 12.4. The van der Waals surface area contributed by atoms with Crippen molar-refractivity contribution in [3.63, 3.8) is 0 Å². The van der Waals surface area contributed by atoms with Gasteiger partial charge in [-0.2, -0.15) is 0 Å². The van der Waals surface area contributed by atoms with Crippen molar-refractivity contribution >= 4 is 11.6 Å². The summed E-state index contributed by atoms with van der Waals surface area (Å²) in [5.41, 5.74) is 2.12. The number of methoxy groups -OCH3 is 1. The van der Waals surface area contributed by atoms with Gasteiger partial charge in [0.2, 0.25) is 5.91 Å².